The first-order valence-electron chi connectivity index (χ1n) is 15.7. The van der Waals surface area contributed by atoms with E-state index in [2.05, 4.69) is 57.4 Å². The van der Waals surface area contributed by atoms with Gasteiger partial charge in [0.25, 0.3) is 0 Å². The molecule has 0 saturated heterocycles. The van der Waals surface area contributed by atoms with Crippen LogP contribution in [0.2, 0.25) is 0 Å². The summed E-state index contributed by atoms with van der Waals surface area (Å²) in [4.78, 5) is 12.5. The molecule has 0 amide bonds. The van der Waals surface area contributed by atoms with Gasteiger partial charge in [0.05, 0.1) is 27.1 Å². The SMILES string of the molecule is CCCCCCCCCCCCCc1cccc(OC(CC)OC(=O)CCC[N+](C)(C)Cc2ccccc2)c1. The number of esters is 1. The Hall–Kier alpha value is -2.33. The van der Waals surface area contributed by atoms with E-state index in [1.165, 1.54) is 81.8 Å². The van der Waals surface area contributed by atoms with E-state index >= 15 is 0 Å². The molecule has 0 saturated carbocycles. The zero-order chi connectivity index (χ0) is 28.2. The summed E-state index contributed by atoms with van der Waals surface area (Å²) >= 11 is 0. The third kappa shape index (κ3) is 15.8. The monoisotopic (exact) mass is 538 g/mol. The fourth-order valence-corrected chi connectivity index (χ4v) is 5.12. The summed E-state index contributed by atoms with van der Waals surface area (Å²) in [5, 5.41) is 0. The van der Waals surface area contributed by atoms with E-state index in [-0.39, 0.29) is 5.97 Å². The van der Waals surface area contributed by atoms with Gasteiger partial charge in [-0.25, -0.2) is 0 Å². The quantitative estimate of drug-likeness (QED) is 0.0648. The number of quaternary nitrogens is 1. The van der Waals surface area contributed by atoms with Gasteiger partial charge in [0.1, 0.15) is 12.3 Å². The molecular weight excluding hydrogens is 482 g/mol. The minimum absolute atomic E-state index is 0.182. The minimum atomic E-state index is -0.540. The van der Waals surface area contributed by atoms with Crippen molar-refractivity contribution in [3.05, 3.63) is 65.7 Å². The maximum absolute atomic E-state index is 12.5. The smallest absolute Gasteiger partial charge is 0.309 e. The number of carbonyl (C=O) groups excluding carboxylic acids is 1. The highest BCUT2D eigenvalue weighted by molar-refractivity contribution is 5.69. The minimum Gasteiger partial charge on any atom is -0.455 e. The van der Waals surface area contributed by atoms with Gasteiger partial charge in [0.15, 0.2) is 0 Å². The molecule has 2 aromatic rings. The molecule has 0 aliphatic carbocycles. The van der Waals surface area contributed by atoms with Gasteiger partial charge in [-0.05, 0) is 30.5 Å². The van der Waals surface area contributed by atoms with Gasteiger partial charge in [-0.2, -0.15) is 0 Å². The highest BCUT2D eigenvalue weighted by atomic mass is 16.7. The van der Waals surface area contributed by atoms with Crippen LogP contribution >= 0.6 is 0 Å². The molecule has 0 bridgehead atoms. The second-order valence-corrected chi connectivity index (χ2v) is 11.8. The predicted octanol–water partition coefficient (Wildman–Crippen LogP) is 9.26. The molecule has 0 N–H and O–H groups in total. The Kier molecular flexibility index (Phi) is 16.6. The average Bonchev–Trinajstić information content (AvgIpc) is 2.91. The molecule has 2 rings (SSSR count). The van der Waals surface area contributed by atoms with Gasteiger partial charge in [0, 0.05) is 18.4 Å². The summed E-state index contributed by atoms with van der Waals surface area (Å²) < 4.78 is 12.6. The molecule has 4 heteroatoms. The molecule has 0 aliphatic rings. The van der Waals surface area contributed by atoms with Crippen LogP contribution in [0, 0.1) is 0 Å². The van der Waals surface area contributed by atoms with Gasteiger partial charge < -0.3 is 14.0 Å². The zero-order valence-electron chi connectivity index (χ0n) is 25.5. The number of hydrogen-bond donors (Lipinski definition) is 0. The van der Waals surface area contributed by atoms with Crippen molar-refractivity contribution in [2.45, 2.75) is 123 Å². The molecule has 0 radical (unpaired) electrons. The summed E-state index contributed by atoms with van der Waals surface area (Å²) in [5.41, 5.74) is 2.61. The van der Waals surface area contributed by atoms with Gasteiger partial charge in [-0.3, -0.25) is 4.79 Å². The molecule has 218 valence electrons. The number of ether oxygens (including phenoxy) is 2. The Morgan fingerprint density at radius 3 is 2.00 bits per heavy atom. The summed E-state index contributed by atoms with van der Waals surface area (Å²) in [6.45, 7) is 6.14. The number of aryl methyl sites for hydroxylation is 1. The van der Waals surface area contributed by atoms with Crippen LogP contribution in [-0.2, 0) is 22.5 Å². The van der Waals surface area contributed by atoms with Gasteiger partial charge >= 0.3 is 5.97 Å². The summed E-state index contributed by atoms with van der Waals surface area (Å²) in [5.74, 6) is 0.606. The molecule has 4 nitrogen and oxygen atoms in total. The predicted molar refractivity (Wildman–Crippen MR) is 164 cm³/mol. The fraction of sp³-hybridized carbons (Fsp3) is 0.629. The lowest BCUT2D eigenvalue weighted by Gasteiger charge is -2.30. The lowest BCUT2D eigenvalue weighted by atomic mass is 10.0. The first kappa shape index (κ1) is 32.9. The van der Waals surface area contributed by atoms with Crippen LogP contribution in [0.4, 0.5) is 0 Å². The van der Waals surface area contributed by atoms with Crippen LogP contribution in [0.3, 0.4) is 0 Å². The molecule has 1 atom stereocenters. The van der Waals surface area contributed by atoms with Crippen LogP contribution in [0.5, 0.6) is 5.75 Å². The average molecular weight is 539 g/mol. The maximum atomic E-state index is 12.5. The Morgan fingerprint density at radius 1 is 0.744 bits per heavy atom. The van der Waals surface area contributed by atoms with Gasteiger partial charge in [-0.15, -0.1) is 0 Å². The normalized spacial score (nSPS) is 12.3. The van der Waals surface area contributed by atoms with Crippen molar-refractivity contribution in [2.24, 2.45) is 0 Å². The van der Waals surface area contributed by atoms with Crippen molar-refractivity contribution in [3.63, 3.8) is 0 Å². The van der Waals surface area contributed by atoms with Gasteiger partial charge in [0.2, 0.25) is 6.29 Å². The van der Waals surface area contributed by atoms with Crippen LogP contribution in [0.15, 0.2) is 54.6 Å². The van der Waals surface area contributed by atoms with Crippen molar-refractivity contribution in [2.75, 3.05) is 20.6 Å². The summed E-state index contributed by atoms with van der Waals surface area (Å²) in [6.07, 6.45) is 17.3. The maximum Gasteiger partial charge on any atom is 0.309 e. The molecule has 39 heavy (non-hydrogen) atoms. The Labute approximate surface area is 239 Å². The second kappa shape index (κ2) is 19.7. The first-order valence-corrected chi connectivity index (χ1v) is 15.7. The molecule has 0 fully saturated rings. The van der Waals surface area contributed by atoms with E-state index in [9.17, 15) is 4.79 Å². The Bertz CT molecular complexity index is 896. The van der Waals surface area contributed by atoms with E-state index in [0.29, 0.717) is 12.8 Å². The number of carbonyl (C=O) groups is 1. The van der Waals surface area contributed by atoms with E-state index in [1.807, 2.05) is 25.1 Å². The Balaban J connectivity index is 1.62. The Morgan fingerprint density at radius 2 is 1.36 bits per heavy atom. The number of hydrogen-bond acceptors (Lipinski definition) is 3. The zero-order valence-corrected chi connectivity index (χ0v) is 25.5. The topological polar surface area (TPSA) is 35.5 Å². The van der Waals surface area contributed by atoms with E-state index in [4.69, 9.17) is 9.47 Å². The van der Waals surface area contributed by atoms with E-state index < -0.39 is 6.29 Å². The molecule has 0 spiro atoms. The van der Waals surface area contributed by atoms with Crippen LogP contribution in [-0.4, -0.2) is 37.4 Å². The lowest BCUT2D eigenvalue weighted by molar-refractivity contribution is -0.903. The number of nitrogens with zero attached hydrogens (tertiary/aromatic N) is 1. The molecule has 1 unspecified atom stereocenters. The van der Waals surface area contributed by atoms with Gasteiger partial charge in [-0.1, -0.05) is 121 Å². The number of rotatable bonds is 22. The second-order valence-electron chi connectivity index (χ2n) is 11.8. The third-order valence-corrected chi connectivity index (χ3v) is 7.43. The summed E-state index contributed by atoms with van der Waals surface area (Å²) in [6, 6.07) is 18.8. The standard InChI is InChI=1S/C35H56NO3/c1-5-7-8-9-10-11-12-13-14-15-17-22-31-25-20-26-33(29-31)38-35(6-2)39-34(37)27-21-28-36(3,4)30-32-23-18-16-19-24-32/h16,18-20,23-26,29,35H,5-15,17,21-22,27-28,30H2,1-4H3/q+1. The molecule has 0 heterocycles. The fourth-order valence-electron chi connectivity index (χ4n) is 5.12. The largest absolute Gasteiger partial charge is 0.455 e. The van der Waals surface area contributed by atoms with Crippen LogP contribution in [0.25, 0.3) is 0 Å². The summed E-state index contributed by atoms with van der Waals surface area (Å²) in [7, 11) is 4.42. The number of unbranched alkanes of at least 4 members (excludes halogenated alkanes) is 10. The van der Waals surface area contributed by atoms with Crippen LogP contribution < -0.4 is 4.74 Å². The number of benzene rings is 2. The van der Waals surface area contributed by atoms with Crippen molar-refractivity contribution >= 4 is 5.97 Å². The van der Waals surface area contributed by atoms with Crippen molar-refractivity contribution in [1.82, 2.24) is 0 Å². The molecule has 0 aromatic heterocycles. The lowest BCUT2D eigenvalue weighted by Crippen LogP contribution is -2.39. The van der Waals surface area contributed by atoms with Crippen LogP contribution in [0.1, 0.15) is 115 Å². The third-order valence-electron chi connectivity index (χ3n) is 7.43. The van der Waals surface area contributed by atoms with Crippen molar-refractivity contribution < 1.29 is 18.8 Å². The van der Waals surface area contributed by atoms with Crippen molar-refractivity contribution in [1.29, 1.82) is 0 Å². The van der Waals surface area contributed by atoms with Crippen molar-refractivity contribution in [3.8, 4) is 5.75 Å². The van der Waals surface area contributed by atoms with E-state index in [1.54, 1.807) is 0 Å². The molecular formula is C35H56NO3+. The highest BCUT2D eigenvalue weighted by Gasteiger charge is 2.19. The molecule has 2 aromatic carbocycles. The molecule has 0 aliphatic heterocycles. The van der Waals surface area contributed by atoms with E-state index in [0.717, 1.165) is 36.2 Å². The highest BCUT2D eigenvalue weighted by Crippen LogP contribution is 2.20. The first-order chi connectivity index (χ1) is 18.9.